The average molecular weight is 273 g/mol. The first-order valence-electron chi connectivity index (χ1n) is 5.39. The van der Waals surface area contributed by atoms with E-state index in [4.69, 9.17) is 5.11 Å². The Morgan fingerprint density at radius 1 is 1.28 bits per heavy atom. The van der Waals surface area contributed by atoms with E-state index in [-0.39, 0.29) is 29.4 Å². The molecular formula is C11H15NO5S. The summed E-state index contributed by atoms with van der Waals surface area (Å²) < 4.78 is 23.8. The molecule has 18 heavy (non-hydrogen) atoms. The molecule has 0 saturated carbocycles. The Morgan fingerprint density at radius 3 is 2.17 bits per heavy atom. The number of nitro groups is 1. The van der Waals surface area contributed by atoms with Crippen LogP contribution in [0.25, 0.3) is 0 Å². The lowest BCUT2D eigenvalue weighted by Crippen LogP contribution is -2.09. The minimum absolute atomic E-state index is 0.0592. The van der Waals surface area contributed by atoms with Crippen molar-refractivity contribution in [1.82, 2.24) is 0 Å². The minimum atomic E-state index is -3.49. The quantitative estimate of drug-likeness (QED) is 0.645. The molecule has 0 aliphatic heterocycles. The Bertz CT molecular complexity index is 542. The van der Waals surface area contributed by atoms with Crippen LogP contribution in [0.2, 0.25) is 0 Å². The molecule has 0 bridgehead atoms. The summed E-state index contributed by atoms with van der Waals surface area (Å²) in [5.41, 5.74) is 0.584. The fourth-order valence-corrected chi connectivity index (χ4v) is 3.21. The Balaban J connectivity index is 3.26. The first-order valence-corrected chi connectivity index (χ1v) is 7.04. The third kappa shape index (κ3) is 3.05. The number of nitrogens with zero attached hydrogens (tertiary/aromatic N) is 1. The number of rotatable bonds is 5. The average Bonchev–Trinajstić information content (AvgIpc) is 2.24. The van der Waals surface area contributed by atoms with Crippen LogP contribution < -0.4 is 0 Å². The van der Waals surface area contributed by atoms with Crippen molar-refractivity contribution in [2.45, 2.75) is 25.2 Å². The molecule has 1 N–H and O–H groups in total. The fraction of sp³-hybridized carbons (Fsp3) is 0.455. The number of nitro benzene ring substituents is 1. The van der Waals surface area contributed by atoms with Gasteiger partial charge in [-0.1, -0.05) is 0 Å². The van der Waals surface area contributed by atoms with Crippen LogP contribution in [0.15, 0.2) is 17.0 Å². The van der Waals surface area contributed by atoms with Gasteiger partial charge in [0.25, 0.3) is 5.69 Å². The predicted octanol–water partition coefficient (Wildman–Crippen LogP) is 1.37. The molecule has 7 heteroatoms. The second kappa shape index (κ2) is 5.45. The number of benzene rings is 1. The molecule has 1 aromatic rings. The maximum absolute atomic E-state index is 11.9. The number of aryl methyl sites for hydroxylation is 2. The highest BCUT2D eigenvalue weighted by molar-refractivity contribution is 7.91. The Morgan fingerprint density at radius 2 is 1.78 bits per heavy atom. The van der Waals surface area contributed by atoms with Crippen LogP contribution in [-0.4, -0.2) is 30.8 Å². The van der Waals surface area contributed by atoms with Crippen molar-refractivity contribution in [3.05, 3.63) is 33.4 Å². The maximum Gasteiger partial charge on any atom is 0.275 e. The Kier molecular flexibility index (Phi) is 4.42. The largest absolute Gasteiger partial charge is 0.396 e. The fourth-order valence-electron chi connectivity index (χ4n) is 1.76. The van der Waals surface area contributed by atoms with E-state index in [0.717, 1.165) is 0 Å². The van der Waals surface area contributed by atoms with E-state index in [1.807, 2.05) is 0 Å². The lowest BCUT2D eigenvalue weighted by Gasteiger charge is -2.07. The van der Waals surface area contributed by atoms with E-state index in [2.05, 4.69) is 0 Å². The lowest BCUT2D eigenvalue weighted by molar-refractivity contribution is -0.386. The smallest absolute Gasteiger partial charge is 0.275 e. The summed E-state index contributed by atoms with van der Waals surface area (Å²) in [4.78, 5) is 10.3. The summed E-state index contributed by atoms with van der Waals surface area (Å²) in [6, 6.07) is 2.61. The zero-order chi connectivity index (χ0) is 13.9. The second-order valence-corrected chi connectivity index (χ2v) is 6.17. The van der Waals surface area contributed by atoms with Crippen LogP contribution in [-0.2, 0) is 9.84 Å². The van der Waals surface area contributed by atoms with Gasteiger partial charge in [-0.05, 0) is 32.4 Å². The molecule has 0 aromatic heterocycles. The number of hydrogen-bond acceptors (Lipinski definition) is 5. The first kappa shape index (κ1) is 14.6. The second-order valence-electron chi connectivity index (χ2n) is 4.06. The Hall–Kier alpha value is -1.47. The standard InChI is InChI=1S/C11H15NO5S/c1-8-6-10(18(16,17)5-3-4-13)7-9(2)11(8)12(14)15/h6-7,13H,3-5H2,1-2H3. The van der Waals surface area contributed by atoms with Gasteiger partial charge >= 0.3 is 0 Å². The summed E-state index contributed by atoms with van der Waals surface area (Å²) in [7, 11) is -3.49. The van der Waals surface area contributed by atoms with E-state index in [1.165, 1.54) is 26.0 Å². The van der Waals surface area contributed by atoms with Gasteiger partial charge < -0.3 is 5.11 Å². The van der Waals surface area contributed by atoms with E-state index in [0.29, 0.717) is 11.1 Å². The summed E-state index contributed by atoms with van der Waals surface area (Å²) in [5.74, 6) is -0.166. The van der Waals surface area contributed by atoms with Gasteiger partial charge in [-0.15, -0.1) is 0 Å². The van der Waals surface area contributed by atoms with Gasteiger partial charge in [0.05, 0.1) is 15.6 Å². The highest BCUT2D eigenvalue weighted by Gasteiger charge is 2.21. The molecular weight excluding hydrogens is 258 g/mol. The highest BCUT2D eigenvalue weighted by atomic mass is 32.2. The molecule has 100 valence electrons. The van der Waals surface area contributed by atoms with E-state index >= 15 is 0 Å². The van der Waals surface area contributed by atoms with Crippen LogP contribution in [0.4, 0.5) is 5.69 Å². The summed E-state index contributed by atoms with van der Waals surface area (Å²) >= 11 is 0. The van der Waals surface area contributed by atoms with Crippen molar-refractivity contribution in [3.63, 3.8) is 0 Å². The third-order valence-electron chi connectivity index (χ3n) is 2.58. The van der Waals surface area contributed by atoms with Crippen molar-refractivity contribution in [3.8, 4) is 0 Å². The van der Waals surface area contributed by atoms with E-state index in [1.54, 1.807) is 0 Å². The van der Waals surface area contributed by atoms with Crippen LogP contribution in [0.3, 0.4) is 0 Å². The van der Waals surface area contributed by atoms with E-state index < -0.39 is 14.8 Å². The Labute approximate surface area is 105 Å². The topological polar surface area (TPSA) is 97.5 Å². The molecule has 0 radical (unpaired) electrons. The molecule has 0 heterocycles. The maximum atomic E-state index is 11.9. The number of aliphatic hydroxyl groups excluding tert-OH is 1. The molecule has 6 nitrogen and oxygen atoms in total. The van der Waals surface area contributed by atoms with Gasteiger partial charge in [0.1, 0.15) is 0 Å². The number of aliphatic hydroxyl groups is 1. The van der Waals surface area contributed by atoms with Crippen LogP contribution in [0.5, 0.6) is 0 Å². The first-order chi connectivity index (χ1) is 8.29. The monoisotopic (exact) mass is 273 g/mol. The SMILES string of the molecule is Cc1cc(S(=O)(=O)CCCO)cc(C)c1[N+](=O)[O-]. The van der Waals surface area contributed by atoms with Crippen molar-refractivity contribution in [2.24, 2.45) is 0 Å². The van der Waals surface area contributed by atoms with Gasteiger partial charge in [-0.25, -0.2) is 8.42 Å². The van der Waals surface area contributed by atoms with Crippen molar-refractivity contribution < 1.29 is 18.4 Å². The molecule has 0 spiro atoms. The van der Waals surface area contributed by atoms with Gasteiger partial charge in [0, 0.05) is 17.7 Å². The van der Waals surface area contributed by atoms with Crippen molar-refractivity contribution >= 4 is 15.5 Å². The molecule has 0 aliphatic carbocycles. The number of hydrogen-bond donors (Lipinski definition) is 1. The minimum Gasteiger partial charge on any atom is -0.396 e. The van der Waals surface area contributed by atoms with Gasteiger partial charge in [-0.2, -0.15) is 0 Å². The zero-order valence-electron chi connectivity index (χ0n) is 10.2. The summed E-state index contributed by atoms with van der Waals surface area (Å²) in [5, 5.41) is 19.4. The van der Waals surface area contributed by atoms with Gasteiger partial charge in [0.2, 0.25) is 0 Å². The molecule has 0 atom stereocenters. The lowest BCUT2D eigenvalue weighted by atomic mass is 10.1. The molecule has 0 aliphatic rings. The van der Waals surface area contributed by atoms with Gasteiger partial charge in [-0.3, -0.25) is 10.1 Å². The van der Waals surface area contributed by atoms with Crippen LogP contribution in [0.1, 0.15) is 17.5 Å². The summed E-state index contributed by atoms with van der Waals surface area (Å²) in [6.45, 7) is 2.82. The molecule has 0 unspecified atom stereocenters. The molecule has 1 aromatic carbocycles. The molecule has 0 amide bonds. The van der Waals surface area contributed by atoms with Crippen LogP contribution >= 0.6 is 0 Å². The predicted molar refractivity (Wildman–Crippen MR) is 66.3 cm³/mol. The van der Waals surface area contributed by atoms with Crippen molar-refractivity contribution in [2.75, 3.05) is 12.4 Å². The molecule has 0 fully saturated rings. The third-order valence-corrected chi connectivity index (χ3v) is 4.36. The normalized spacial score (nSPS) is 11.5. The van der Waals surface area contributed by atoms with Crippen molar-refractivity contribution in [1.29, 1.82) is 0 Å². The highest BCUT2D eigenvalue weighted by Crippen LogP contribution is 2.27. The van der Waals surface area contributed by atoms with Crippen LogP contribution in [0, 0.1) is 24.0 Å². The summed E-state index contributed by atoms with van der Waals surface area (Å²) in [6.07, 6.45) is 0.150. The molecule has 0 saturated heterocycles. The number of sulfone groups is 1. The zero-order valence-corrected chi connectivity index (χ0v) is 11.0. The molecule has 1 rings (SSSR count). The van der Waals surface area contributed by atoms with E-state index in [9.17, 15) is 18.5 Å². The van der Waals surface area contributed by atoms with Gasteiger partial charge in [0.15, 0.2) is 9.84 Å².